The summed E-state index contributed by atoms with van der Waals surface area (Å²) in [5.41, 5.74) is 2.43. The van der Waals surface area contributed by atoms with E-state index in [1.165, 1.54) is 0 Å². The Balaban J connectivity index is 1.52. The number of carbonyl (C=O) groups excluding carboxylic acids is 2. The van der Waals surface area contributed by atoms with E-state index in [0.717, 1.165) is 23.3 Å². The van der Waals surface area contributed by atoms with Gasteiger partial charge in [0.15, 0.2) is 0 Å². The second-order valence-corrected chi connectivity index (χ2v) is 8.77. The molecule has 1 aliphatic heterocycles. The van der Waals surface area contributed by atoms with E-state index in [-0.39, 0.29) is 24.3 Å². The molecule has 0 bridgehead atoms. The SMILES string of the molecule is COc1ccc(N2C[C@H](C(=O)N[C@@H](CC(C)C)c3nc4ccccc4[nH]3)CC2=O)c(OC)c1. The van der Waals surface area contributed by atoms with Crippen LogP contribution >= 0.6 is 0 Å². The molecule has 4 rings (SSSR count). The predicted octanol–water partition coefficient (Wildman–Crippen LogP) is 3.84. The molecule has 2 heterocycles. The number of aromatic nitrogens is 2. The molecule has 1 saturated heterocycles. The third-order valence-electron chi connectivity index (χ3n) is 5.93. The molecule has 2 N–H and O–H groups in total. The summed E-state index contributed by atoms with van der Waals surface area (Å²) in [5, 5.41) is 3.14. The number of ether oxygens (including phenoxy) is 2. The normalized spacial score (nSPS) is 16.9. The first-order chi connectivity index (χ1) is 15.9. The van der Waals surface area contributed by atoms with Crippen LogP contribution in [0.1, 0.15) is 38.6 Å². The van der Waals surface area contributed by atoms with Crippen molar-refractivity contribution in [1.29, 1.82) is 0 Å². The van der Waals surface area contributed by atoms with Crippen LogP contribution in [-0.2, 0) is 9.59 Å². The minimum absolute atomic E-state index is 0.109. The van der Waals surface area contributed by atoms with Gasteiger partial charge in [-0.3, -0.25) is 9.59 Å². The van der Waals surface area contributed by atoms with Crippen molar-refractivity contribution >= 4 is 28.5 Å². The van der Waals surface area contributed by atoms with Crippen molar-refractivity contribution in [3.8, 4) is 11.5 Å². The number of imidazole rings is 1. The number of hydrogen-bond acceptors (Lipinski definition) is 5. The molecule has 1 fully saturated rings. The van der Waals surface area contributed by atoms with Crippen LogP contribution in [0.15, 0.2) is 42.5 Å². The second kappa shape index (κ2) is 9.52. The number of anilines is 1. The monoisotopic (exact) mass is 450 g/mol. The van der Waals surface area contributed by atoms with Crippen LogP contribution in [0.5, 0.6) is 11.5 Å². The summed E-state index contributed by atoms with van der Waals surface area (Å²) in [5.74, 6) is 1.54. The average molecular weight is 451 g/mol. The Morgan fingerprint density at radius 2 is 2.00 bits per heavy atom. The van der Waals surface area contributed by atoms with Gasteiger partial charge in [0.2, 0.25) is 11.8 Å². The van der Waals surface area contributed by atoms with E-state index in [4.69, 9.17) is 9.47 Å². The lowest BCUT2D eigenvalue weighted by molar-refractivity contribution is -0.127. The van der Waals surface area contributed by atoms with Crippen molar-refractivity contribution in [3.05, 3.63) is 48.3 Å². The first kappa shape index (κ1) is 22.6. The topological polar surface area (TPSA) is 96.5 Å². The summed E-state index contributed by atoms with van der Waals surface area (Å²) in [6.45, 7) is 4.51. The molecule has 2 amide bonds. The average Bonchev–Trinajstić information content (AvgIpc) is 3.41. The fraction of sp³-hybridized carbons (Fsp3) is 0.400. The largest absolute Gasteiger partial charge is 0.497 e. The van der Waals surface area contributed by atoms with Crippen LogP contribution < -0.4 is 19.7 Å². The Kier molecular flexibility index (Phi) is 6.53. The number of H-pyrrole nitrogens is 1. The van der Waals surface area contributed by atoms with Gasteiger partial charge in [-0.15, -0.1) is 0 Å². The van der Waals surface area contributed by atoms with Crippen LogP contribution in [0, 0.1) is 11.8 Å². The molecule has 0 aliphatic carbocycles. The molecule has 3 aromatic rings. The number of hydrogen-bond donors (Lipinski definition) is 2. The van der Waals surface area contributed by atoms with E-state index >= 15 is 0 Å². The number of rotatable bonds is 8. The van der Waals surface area contributed by atoms with Gasteiger partial charge in [-0.2, -0.15) is 0 Å². The molecule has 8 heteroatoms. The van der Waals surface area contributed by atoms with Gasteiger partial charge < -0.3 is 24.7 Å². The maximum Gasteiger partial charge on any atom is 0.227 e. The highest BCUT2D eigenvalue weighted by Gasteiger charge is 2.37. The molecule has 174 valence electrons. The molecule has 33 heavy (non-hydrogen) atoms. The summed E-state index contributed by atoms with van der Waals surface area (Å²) in [4.78, 5) is 35.7. The van der Waals surface area contributed by atoms with E-state index in [0.29, 0.717) is 29.6 Å². The number of benzene rings is 2. The Labute approximate surface area is 193 Å². The van der Waals surface area contributed by atoms with Crippen molar-refractivity contribution in [3.63, 3.8) is 0 Å². The van der Waals surface area contributed by atoms with Crippen molar-refractivity contribution in [2.75, 3.05) is 25.7 Å². The van der Waals surface area contributed by atoms with Crippen molar-refractivity contribution in [1.82, 2.24) is 15.3 Å². The van der Waals surface area contributed by atoms with E-state index in [2.05, 4.69) is 29.1 Å². The highest BCUT2D eigenvalue weighted by Crippen LogP contribution is 2.36. The van der Waals surface area contributed by atoms with Crippen molar-refractivity contribution < 1.29 is 19.1 Å². The third kappa shape index (κ3) is 4.79. The van der Waals surface area contributed by atoms with E-state index in [1.54, 1.807) is 37.3 Å². The van der Waals surface area contributed by atoms with Gasteiger partial charge in [-0.05, 0) is 36.6 Å². The summed E-state index contributed by atoms with van der Waals surface area (Å²) in [6.07, 6.45) is 0.887. The molecular weight excluding hydrogens is 420 g/mol. The van der Waals surface area contributed by atoms with E-state index in [1.807, 2.05) is 24.3 Å². The molecule has 1 aromatic heterocycles. The fourth-order valence-electron chi connectivity index (χ4n) is 4.26. The van der Waals surface area contributed by atoms with Gasteiger partial charge in [0.05, 0.1) is 42.9 Å². The Hall–Kier alpha value is -3.55. The van der Waals surface area contributed by atoms with Crippen LogP contribution in [0.4, 0.5) is 5.69 Å². The van der Waals surface area contributed by atoms with Gasteiger partial charge >= 0.3 is 0 Å². The van der Waals surface area contributed by atoms with Gasteiger partial charge in [0.25, 0.3) is 0 Å². The van der Waals surface area contributed by atoms with Crippen LogP contribution in [0.3, 0.4) is 0 Å². The van der Waals surface area contributed by atoms with Gasteiger partial charge in [0, 0.05) is 19.0 Å². The number of nitrogens with one attached hydrogen (secondary N) is 2. The Morgan fingerprint density at radius 3 is 2.70 bits per heavy atom. The zero-order valence-corrected chi connectivity index (χ0v) is 19.4. The number of methoxy groups -OCH3 is 2. The molecule has 8 nitrogen and oxygen atoms in total. The Bertz CT molecular complexity index is 1120. The molecule has 0 unspecified atom stereocenters. The van der Waals surface area contributed by atoms with Gasteiger partial charge in [-0.1, -0.05) is 26.0 Å². The van der Waals surface area contributed by atoms with Crippen molar-refractivity contribution in [2.45, 2.75) is 32.7 Å². The van der Waals surface area contributed by atoms with Gasteiger partial charge in [-0.25, -0.2) is 4.98 Å². The van der Waals surface area contributed by atoms with Crippen molar-refractivity contribution in [2.24, 2.45) is 11.8 Å². The summed E-state index contributed by atoms with van der Waals surface area (Å²) < 4.78 is 10.7. The van der Waals surface area contributed by atoms with Crippen LogP contribution in [0.25, 0.3) is 11.0 Å². The molecule has 0 spiro atoms. The zero-order chi connectivity index (χ0) is 23.5. The second-order valence-electron chi connectivity index (χ2n) is 8.77. The predicted molar refractivity (Wildman–Crippen MR) is 126 cm³/mol. The zero-order valence-electron chi connectivity index (χ0n) is 19.4. The highest BCUT2D eigenvalue weighted by molar-refractivity contribution is 6.01. The summed E-state index contributed by atoms with van der Waals surface area (Å²) >= 11 is 0. The highest BCUT2D eigenvalue weighted by atomic mass is 16.5. The molecule has 2 atom stereocenters. The summed E-state index contributed by atoms with van der Waals surface area (Å²) in [7, 11) is 3.12. The lowest BCUT2D eigenvalue weighted by atomic mass is 10.0. The molecule has 2 aromatic carbocycles. The molecule has 0 radical (unpaired) electrons. The van der Waals surface area contributed by atoms with Gasteiger partial charge in [0.1, 0.15) is 17.3 Å². The molecule has 0 saturated carbocycles. The lowest BCUT2D eigenvalue weighted by Crippen LogP contribution is -2.36. The minimum Gasteiger partial charge on any atom is -0.497 e. The van der Waals surface area contributed by atoms with Crippen LogP contribution in [0.2, 0.25) is 0 Å². The van der Waals surface area contributed by atoms with E-state index in [9.17, 15) is 9.59 Å². The number of fused-ring (bicyclic) bond motifs is 1. The summed E-state index contributed by atoms with van der Waals surface area (Å²) in [6, 6.07) is 12.8. The number of nitrogens with zero attached hydrogens (tertiary/aromatic N) is 2. The number of para-hydroxylation sites is 2. The maximum absolute atomic E-state index is 13.2. The number of amides is 2. The fourth-order valence-corrected chi connectivity index (χ4v) is 4.26. The Morgan fingerprint density at radius 1 is 1.21 bits per heavy atom. The standard InChI is InChI=1S/C25H30N4O4/c1-15(2)11-20(24-26-18-7-5-6-8-19(18)27-24)28-25(31)16-12-23(30)29(14-16)21-10-9-17(32-3)13-22(21)33-4/h5-10,13,15-16,20H,11-12,14H2,1-4H3,(H,26,27)(H,28,31)/t16-,20+/m1/s1. The minimum atomic E-state index is -0.455. The number of aromatic amines is 1. The smallest absolute Gasteiger partial charge is 0.227 e. The first-order valence-corrected chi connectivity index (χ1v) is 11.2. The quantitative estimate of drug-likeness (QED) is 0.544. The molecule has 1 aliphatic rings. The maximum atomic E-state index is 13.2. The third-order valence-corrected chi connectivity index (χ3v) is 5.93. The first-order valence-electron chi connectivity index (χ1n) is 11.2. The van der Waals surface area contributed by atoms with Crippen LogP contribution in [-0.4, -0.2) is 42.5 Å². The lowest BCUT2D eigenvalue weighted by Gasteiger charge is -2.22. The van der Waals surface area contributed by atoms with E-state index < -0.39 is 5.92 Å². The molecular formula is C25H30N4O4. The number of carbonyl (C=O) groups is 2.